The Balaban J connectivity index is -0.000000158. The van der Waals surface area contributed by atoms with Crippen molar-refractivity contribution in [2.45, 2.75) is 66.0 Å². The fourth-order valence-electron chi connectivity index (χ4n) is 1.48. The smallest absolute Gasteiger partial charge is 0.337 e. The highest BCUT2D eigenvalue weighted by atomic mass is 32.2. The number of Topliss-reactive ketones (excluding diaryl/α,β-unsaturated/α-hetero) is 1. The molecule has 0 radical (unpaired) electrons. The summed E-state index contributed by atoms with van der Waals surface area (Å²) in [4.78, 5) is 30.5. The van der Waals surface area contributed by atoms with Gasteiger partial charge in [-0.1, -0.05) is 7.43 Å². The molecule has 10 heteroatoms. The number of carboxylic acid groups (broad SMARTS) is 1. The van der Waals surface area contributed by atoms with Gasteiger partial charge in [-0.2, -0.15) is 23.5 Å². The molecular formula is C17H35O8S2-. The van der Waals surface area contributed by atoms with Gasteiger partial charge in [-0.25, -0.2) is 9.59 Å². The third kappa shape index (κ3) is 21.3. The van der Waals surface area contributed by atoms with E-state index in [2.05, 4.69) is 0 Å². The van der Waals surface area contributed by atoms with E-state index in [1.807, 2.05) is 12.5 Å². The monoisotopic (exact) mass is 431 g/mol. The molecule has 0 aromatic carbocycles. The van der Waals surface area contributed by atoms with E-state index < -0.39 is 17.9 Å². The van der Waals surface area contributed by atoms with Crippen molar-refractivity contribution in [3.63, 3.8) is 0 Å². The van der Waals surface area contributed by atoms with Crippen LogP contribution in [0.1, 0.15) is 48.0 Å². The zero-order chi connectivity index (χ0) is 20.0. The summed E-state index contributed by atoms with van der Waals surface area (Å²) >= 11 is 3.23. The average molecular weight is 432 g/mol. The molecule has 3 N–H and O–H groups in total. The first-order valence-electron chi connectivity index (χ1n) is 7.73. The summed E-state index contributed by atoms with van der Waals surface area (Å²) in [5.74, 6) is -0.304. The Morgan fingerprint density at radius 2 is 1.63 bits per heavy atom. The third-order valence-electron chi connectivity index (χ3n) is 2.50. The minimum atomic E-state index is -1.18. The summed E-state index contributed by atoms with van der Waals surface area (Å²) < 4.78 is 10.4. The van der Waals surface area contributed by atoms with E-state index in [1.54, 1.807) is 25.6 Å². The maximum atomic E-state index is 11.1. The molecule has 8 nitrogen and oxygen atoms in total. The lowest BCUT2D eigenvalue weighted by atomic mass is 10.3. The van der Waals surface area contributed by atoms with Crippen molar-refractivity contribution in [3.05, 3.63) is 0 Å². The Morgan fingerprint density at radius 3 is 1.93 bits per heavy atom. The summed E-state index contributed by atoms with van der Waals surface area (Å²) in [6, 6.07) is 0. The van der Waals surface area contributed by atoms with Crippen molar-refractivity contribution < 1.29 is 39.5 Å². The molecule has 1 rings (SSSR count). The number of esters is 1. The van der Waals surface area contributed by atoms with Gasteiger partial charge in [-0.3, -0.25) is 0 Å². The molecule has 1 aliphatic rings. The maximum Gasteiger partial charge on any atom is 0.337 e. The van der Waals surface area contributed by atoms with E-state index in [0.29, 0.717) is 12.2 Å². The van der Waals surface area contributed by atoms with Gasteiger partial charge in [0.25, 0.3) is 0 Å². The lowest BCUT2D eigenvalue weighted by molar-refractivity contribution is -0.160. The molecule has 0 spiro atoms. The maximum absolute atomic E-state index is 11.1. The van der Waals surface area contributed by atoms with Crippen LogP contribution >= 0.6 is 23.5 Å². The number of aliphatic hydroxyl groups excluding tert-OH is 1. The van der Waals surface area contributed by atoms with Crippen LogP contribution < -0.4 is 0 Å². The first-order chi connectivity index (χ1) is 11.5. The molecule has 164 valence electrons. The number of ketones is 1. The normalized spacial score (nSPS) is 17.4. The van der Waals surface area contributed by atoms with E-state index in [0.717, 1.165) is 12.2 Å². The average Bonchev–Trinajstić information content (AvgIpc) is 2.74. The van der Waals surface area contributed by atoms with E-state index in [-0.39, 0.29) is 30.8 Å². The first kappa shape index (κ1) is 33.8. The van der Waals surface area contributed by atoms with Crippen LogP contribution in [0.25, 0.3) is 0 Å². The SMILES string of the molecule is C.CC(C)=O.CSCCC(O)C(=O)O.CSCCC1OC(C)(C)OC1=O.[OH-]. The second kappa shape index (κ2) is 18.5. The van der Waals surface area contributed by atoms with Crippen LogP contribution in [-0.2, 0) is 23.9 Å². The number of cyclic esters (lactones) is 1. The second-order valence-electron chi connectivity index (χ2n) is 5.75. The summed E-state index contributed by atoms with van der Waals surface area (Å²) in [5.41, 5.74) is 0. The number of carbonyl (C=O) groups excluding carboxylic acids is 2. The molecule has 1 fully saturated rings. The standard InChI is InChI=1S/C8H14O3S.C5H10O3S.C3H6O.CH4.H2O/c1-8(2)10-6(4-5-12-3)7(9)11-8;1-9-3-2-4(6)5(7)8;1-3(2)4;;/h6H,4-5H2,1-3H3;4,6H,2-3H2,1H3,(H,7,8);1-2H3;1H4;1H2/p-1. The summed E-state index contributed by atoms with van der Waals surface area (Å²) in [6.45, 7) is 6.56. The molecule has 1 saturated heterocycles. The first-order valence-corrected chi connectivity index (χ1v) is 10.5. The Morgan fingerprint density at radius 1 is 1.19 bits per heavy atom. The van der Waals surface area contributed by atoms with Crippen molar-refractivity contribution in [1.29, 1.82) is 0 Å². The van der Waals surface area contributed by atoms with E-state index in [4.69, 9.17) is 19.7 Å². The van der Waals surface area contributed by atoms with Crippen molar-refractivity contribution in [2.24, 2.45) is 0 Å². The molecule has 2 atom stereocenters. The van der Waals surface area contributed by atoms with Gasteiger partial charge in [0.1, 0.15) is 5.78 Å². The number of hydrogen-bond donors (Lipinski definition) is 2. The molecule has 0 amide bonds. The van der Waals surface area contributed by atoms with Crippen molar-refractivity contribution in [2.75, 3.05) is 24.0 Å². The van der Waals surface area contributed by atoms with E-state index in [9.17, 15) is 14.4 Å². The Bertz CT molecular complexity index is 412. The van der Waals surface area contributed by atoms with Crippen LogP contribution in [0.5, 0.6) is 0 Å². The van der Waals surface area contributed by atoms with Gasteiger partial charge in [0.2, 0.25) is 5.79 Å². The number of thioether (sulfide) groups is 2. The van der Waals surface area contributed by atoms with Gasteiger partial charge in [0, 0.05) is 13.8 Å². The van der Waals surface area contributed by atoms with Crippen molar-refractivity contribution in [3.8, 4) is 0 Å². The largest absolute Gasteiger partial charge is 0.870 e. The minimum Gasteiger partial charge on any atom is -0.870 e. The molecule has 1 aliphatic heterocycles. The molecule has 27 heavy (non-hydrogen) atoms. The number of rotatable bonds is 7. The number of aliphatic hydroxyl groups is 1. The molecule has 0 bridgehead atoms. The predicted octanol–water partition coefficient (Wildman–Crippen LogP) is 2.66. The van der Waals surface area contributed by atoms with Gasteiger partial charge in [0.05, 0.1) is 0 Å². The van der Waals surface area contributed by atoms with Crippen molar-refractivity contribution >= 4 is 41.2 Å². The summed E-state index contributed by atoms with van der Waals surface area (Å²) in [5, 5.41) is 16.8. The van der Waals surface area contributed by atoms with Crippen LogP contribution in [0.15, 0.2) is 0 Å². The van der Waals surface area contributed by atoms with Gasteiger partial charge < -0.3 is 30.0 Å². The summed E-state index contributed by atoms with van der Waals surface area (Å²) in [6.07, 6.45) is 3.41. The number of aliphatic carboxylic acids is 1. The van der Waals surface area contributed by atoms with Crippen LogP contribution in [0.2, 0.25) is 0 Å². The highest BCUT2D eigenvalue weighted by Crippen LogP contribution is 2.25. The number of ether oxygens (including phenoxy) is 2. The van der Waals surface area contributed by atoms with E-state index in [1.165, 1.54) is 25.6 Å². The topological polar surface area (TPSA) is 140 Å². The van der Waals surface area contributed by atoms with Crippen molar-refractivity contribution in [1.82, 2.24) is 0 Å². The van der Waals surface area contributed by atoms with Crippen LogP contribution in [0.3, 0.4) is 0 Å². The molecule has 2 unspecified atom stereocenters. The van der Waals surface area contributed by atoms with Gasteiger partial charge in [-0.15, -0.1) is 0 Å². The van der Waals surface area contributed by atoms with Gasteiger partial charge in [-0.05, 0) is 50.7 Å². The quantitative estimate of drug-likeness (QED) is 0.578. The predicted molar refractivity (Wildman–Crippen MR) is 110 cm³/mol. The molecule has 0 aromatic heterocycles. The lowest BCUT2D eigenvalue weighted by Crippen LogP contribution is -2.21. The number of hydrogen-bond acceptors (Lipinski definition) is 9. The number of carbonyl (C=O) groups is 3. The molecule has 1 heterocycles. The molecular weight excluding hydrogens is 396 g/mol. The highest BCUT2D eigenvalue weighted by molar-refractivity contribution is 7.98. The molecule has 0 aromatic rings. The highest BCUT2D eigenvalue weighted by Gasteiger charge is 2.40. The fourth-order valence-corrected chi connectivity index (χ4v) is 2.39. The molecule has 0 saturated carbocycles. The van der Waals surface area contributed by atoms with Gasteiger partial charge >= 0.3 is 11.9 Å². The lowest BCUT2D eigenvalue weighted by Gasteiger charge is -2.14. The number of carboxylic acids is 1. The minimum absolute atomic E-state index is 0. The van der Waals surface area contributed by atoms with Gasteiger partial charge in [0.15, 0.2) is 12.2 Å². The van der Waals surface area contributed by atoms with Crippen LogP contribution in [0, 0.1) is 0 Å². The van der Waals surface area contributed by atoms with Crippen LogP contribution in [0.4, 0.5) is 0 Å². The molecule has 0 aliphatic carbocycles. The Kier molecular flexibility index (Phi) is 23.2. The second-order valence-corrected chi connectivity index (χ2v) is 7.72. The summed E-state index contributed by atoms with van der Waals surface area (Å²) in [7, 11) is 0. The van der Waals surface area contributed by atoms with E-state index >= 15 is 0 Å². The fraction of sp³-hybridized carbons (Fsp3) is 0.824. The zero-order valence-electron chi connectivity index (χ0n) is 16.2. The third-order valence-corrected chi connectivity index (χ3v) is 3.79. The zero-order valence-corrected chi connectivity index (χ0v) is 17.8. The Labute approximate surface area is 171 Å². The Hall–Kier alpha value is -0.810. The van der Waals surface area contributed by atoms with Crippen LogP contribution in [-0.4, -0.2) is 75.4 Å².